The summed E-state index contributed by atoms with van der Waals surface area (Å²) in [4.78, 5) is 100. The van der Waals surface area contributed by atoms with Crippen LogP contribution in [0.15, 0.2) is 45.6 Å². The summed E-state index contributed by atoms with van der Waals surface area (Å²) in [6, 6.07) is 0.959. The highest BCUT2D eigenvalue weighted by atomic mass is 32.5. The number of anilines is 2. The molecule has 0 saturated carbocycles. The topological polar surface area (TPSA) is 499 Å². The van der Waals surface area contributed by atoms with Crippen LogP contribution in [0.3, 0.4) is 0 Å². The number of aromatic amines is 2. The molecule has 74 heavy (non-hydrogen) atoms. The number of nitrogen functional groups attached to an aromatic ring is 2. The highest BCUT2D eigenvalue weighted by Gasteiger charge is 2.53. The van der Waals surface area contributed by atoms with Gasteiger partial charge < -0.3 is 74.6 Å². The molecule has 3 aliphatic heterocycles. The van der Waals surface area contributed by atoms with Crippen LogP contribution in [0.2, 0.25) is 0 Å². The average molecular weight is 1150 g/mol. The van der Waals surface area contributed by atoms with Gasteiger partial charge in [0.25, 0.3) is 17.1 Å². The van der Waals surface area contributed by atoms with Crippen LogP contribution in [-0.4, -0.2) is 168 Å². The lowest BCUT2D eigenvalue weighted by atomic mass is 9.99. The van der Waals surface area contributed by atoms with Crippen molar-refractivity contribution in [2.75, 3.05) is 52.1 Å². The Kier molecular flexibility index (Phi) is 16.4. The number of fused-ring (bicyclic) bond motifs is 2. The van der Waals surface area contributed by atoms with Crippen molar-refractivity contribution in [1.82, 2.24) is 43.6 Å². The van der Waals surface area contributed by atoms with Crippen molar-refractivity contribution in [3.63, 3.8) is 0 Å². The summed E-state index contributed by atoms with van der Waals surface area (Å²) in [5, 5.41) is 32.6. The molecule has 0 aromatic carbocycles. The Morgan fingerprint density at radius 2 is 1.46 bits per heavy atom. The molecule has 41 heteroatoms. The first-order valence-electron chi connectivity index (χ1n) is 21.1. The molecule has 5 aromatic rings. The number of aryl methyl sites for hydroxylation is 1. The fourth-order valence-corrected chi connectivity index (χ4v) is 13.2. The lowest BCUT2D eigenvalue weighted by Gasteiger charge is -2.28. The number of H-pyrrole nitrogens is 2. The van der Waals surface area contributed by atoms with Gasteiger partial charge in [0.05, 0.1) is 45.9 Å². The van der Waals surface area contributed by atoms with Crippen LogP contribution < -0.4 is 32.8 Å². The molecule has 0 amide bonds. The first-order valence-corrected chi connectivity index (χ1v) is 28.2. The molecule has 408 valence electrons. The third kappa shape index (κ3) is 11.8. The van der Waals surface area contributed by atoms with Crippen LogP contribution in [0.5, 0.6) is 0 Å². The van der Waals surface area contributed by atoms with Crippen molar-refractivity contribution in [3.05, 3.63) is 62.4 Å². The number of hydrogen-bond donors (Lipinski definition) is 11. The first kappa shape index (κ1) is 56.0. The Labute approximate surface area is 417 Å². The molecule has 8 rings (SSSR count). The fraction of sp³-hybridized carbons (Fsp3) is 0.576. The number of nitrogens with zero attached hydrogens (tertiary/aromatic N) is 8. The van der Waals surface area contributed by atoms with Gasteiger partial charge >= 0.3 is 41.5 Å². The molecular formula is C33H47N12O24P4S+. The van der Waals surface area contributed by atoms with Gasteiger partial charge in [-0.05, 0) is 11.8 Å². The second-order valence-corrected chi connectivity index (χ2v) is 23.8. The standard InChI is InChI=1S/C33H46N12O24P4S/c1-42-12-45(27-19(42)28(50)41-32(35)40-27)29-20(47)13(6-59-2)14(64-29)7-61-70(52,53)68-72(56,57)69-71(54,55)62-9-16-23(24(60-3)31(66-16)44-11-38-18-25(34)36-10-37-26(18)44)67-73(58,74)63-8-15-21(48)22(49)30(65-15)43-5-4-17(46)39-33(43)51/h4-5,10-16,20-24,29-31,47-49H,6-9H2,1-3H3,(H9-,34,35,36,37,39,40,41,46,50,51,52,53,54,55,56,57,58,74)/p+1/t13-,14-,15-,16?,20-,21-,22-,23-,24-,29-,30-,31-,73?/m1/s1. The lowest BCUT2D eigenvalue weighted by Crippen LogP contribution is -2.45. The Hall–Kier alpha value is -4.20. The second-order valence-electron chi connectivity index (χ2n) is 16.3. The number of aromatic nitrogens is 10. The molecule has 8 heterocycles. The highest BCUT2D eigenvalue weighted by molar-refractivity contribution is 8.07. The van der Waals surface area contributed by atoms with Gasteiger partial charge in [-0.3, -0.25) is 46.8 Å². The maximum absolute atomic E-state index is 13.3. The third-order valence-corrected chi connectivity index (χ3v) is 17.3. The largest absolute Gasteiger partial charge is 0.490 e. The average Bonchev–Trinajstić information content (AvgIpc) is 4.10. The van der Waals surface area contributed by atoms with Gasteiger partial charge in [-0.2, -0.15) is 8.62 Å². The van der Waals surface area contributed by atoms with E-state index in [1.54, 1.807) is 0 Å². The SMILES string of the molecule is COC[C@H]1[C@@H](O)[C@H]([n+]2cn(C)c3c(=O)[nH]c(N)nc32)O[C@@H]1COP(=O)(O)OP(=O)(O)OP(=O)(O)OCC1O[C@@H](n2cnc3c(N)ncnc32)[C@H](OC)[C@@H]1OP(O)(=S)OC[C@H]1O[C@@H](n2ccc(=O)[nH]c2=O)[C@H](O)[C@@H]1O. The first-order chi connectivity index (χ1) is 34.7. The van der Waals surface area contributed by atoms with E-state index in [9.17, 15) is 63.0 Å². The minimum Gasteiger partial charge on any atom is -0.387 e. The molecule has 3 fully saturated rings. The van der Waals surface area contributed by atoms with Crippen LogP contribution in [0.1, 0.15) is 18.7 Å². The van der Waals surface area contributed by atoms with E-state index >= 15 is 0 Å². The van der Waals surface area contributed by atoms with Crippen LogP contribution in [0, 0.1) is 5.92 Å². The van der Waals surface area contributed by atoms with Crippen molar-refractivity contribution in [3.8, 4) is 0 Å². The summed E-state index contributed by atoms with van der Waals surface area (Å²) in [5.41, 5.74) is 9.50. The minimum absolute atomic E-state index is 0.0123. The Balaban J connectivity index is 0.939. The van der Waals surface area contributed by atoms with Gasteiger partial charge in [-0.1, -0.05) is 4.98 Å². The third-order valence-electron chi connectivity index (χ3n) is 11.5. The van der Waals surface area contributed by atoms with Crippen molar-refractivity contribution in [2.45, 2.75) is 67.5 Å². The predicted octanol–water partition coefficient (Wildman–Crippen LogP) is -3.86. The number of aliphatic hydroxyl groups is 3. The lowest BCUT2D eigenvalue weighted by molar-refractivity contribution is -0.745. The summed E-state index contributed by atoms with van der Waals surface area (Å²) < 4.78 is 102. The number of phosphoric ester groups is 2. The molecule has 3 saturated heterocycles. The number of ether oxygens (including phenoxy) is 5. The van der Waals surface area contributed by atoms with Crippen molar-refractivity contribution in [1.29, 1.82) is 0 Å². The van der Waals surface area contributed by atoms with Gasteiger partial charge in [-0.25, -0.2) is 38.0 Å². The minimum atomic E-state index is -6.14. The van der Waals surface area contributed by atoms with Crippen LogP contribution in [0.25, 0.3) is 22.3 Å². The normalized spacial score (nSPS) is 30.6. The molecule has 5 aromatic heterocycles. The molecule has 0 spiro atoms. The highest BCUT2D eigenvalue weighted by Crippen LogP contribution is 2.68. The summed E-state index contributed by atoms with van der Waals surface area (Å²) >= 11 is 5.24. The van der Waals surface area contributed by atoms with Crippen LogP contribution >= 0.6 is 30.2 Å². The number of nitrogens with two attached hydrogens (primary N) is 2. The van der Waals surface area contributed by atoms with Gasteiger partial charge in [0, 0.05) is 32.4 Å². The van der Waals surface area contributed by atoms with Gasteiger partial charge in [0.2, 0.25) is 11.7 Å². The zero-order valence-corrected chi connectivity index (χ0v) is 42.5. The van der Waals surface area contributed by atoms with Gasteiger partial charge in [-0.15, -0.1) is 0 Å². The quantitative estimate of drug-likeness (QED) is 0.0247. The molecule has 13 N–H and O–H groups in total. The maximum atomic E-state index is 13.3. The van der Waals surface area contributed by atoms with Gasteiger partial charge in [0.1, 0.15) is 54.6 Å². The number of aliphatic hydroxyl groups excluding tert-OH is 3. The Morgan fingerprint density at radius 1 is 0.797 bits per heavy atom. The van der Waals surface area contributed by atoms with E-state index in [1.165, 1.54) is 40.5 Å². The maximum Gasteiger partial charge on any atom is 0.490 e. The molecule has 0 radical (unpaired) electrons. The summed E-state index contributed by atoms with van der Waals surface area (Å²) in [6.07, 6.45) is -12.2. The zero-order valence-electron chi connectivity index (χ0n) is 38.1. The molecule has 0 bridgehead atoms. The molecule has 3 aliphatic rings. The van der Waals surface area contributed by atoms with Crippen molar-refractivity contribution in [2.24, 2.45) is 13.0 Å². The van der Waals surface area contributed by atoms with E-state index in [4.69, 9.17) is 65.1 Å². The van der Waals surface area contributed by atoms with E-state index in [-0.39, 0.29) is 40.7 Å². The van der Waals surface area contributed by atoms with E-state index < -0.39 is 140 Å². The van der Waals surface area contributed by atoms with Crippen molar-refractivity contribution >= 4 is 76.1 Å². The number of imidazole rings is 2. The predicted molar refractivity (Wildman–Crippen MR) is 244 cm³/mol. The fourth-order valence-electron chi connectivity index (χ4n) is 8.27. The van der Waals surface area contributed by atoms with E-state index in [2.05, 4.69) is 33.5 Å². The van der Waals surface area contributed by atoms with Crippen LogP contribution in [0.4, 0.5) is 11.8 Å². The summed E-state index contributed by atoms with van der Waals surface area (Å²) in [7, 11) is -13.9. The number of nitrogens with one attached hydrogen (secondary N) is 2. The number of hydrogen-bond acceptors (Lipinski definition) is 27. The van der Waals surface area contributed by atoms with Crippen molar-refractivity contribution < 1.29 is 104 Å². The molecule has 5 unspecified atom stereocenters. The molecule has 36 nitrogen and oxygen atoms in total. The Bertz CT molecular complexity index is 3270. The van der Waals surface area contributed by atoms with Crippen LogP contribution in [-0.2, 0) is 83.0 Å². The zero-order chi connectivity index (χ0) is 53.8. The van der Waals surface area contributed by atoms with E-state index in [1.807, 2.05) is 4.98 Å². The Morgan fingerprint density at radius 3 is 2.12 bits per heavy atom. The molecule has 0 aliphatic carbocycles. The molecule has 16 atom stereocenters. The number of rotatable bonds is 21. The number of phosphoric acid groups is 3. The molecular weight excluding hydrogens is 1100 g/mol. The summed E-state index contributed by atoms with van der Waals surface area (Å²) in [5.74, 6) is -1.34. The van der Waals surface area contributed by atoms with Gasteiger partial charge in [0.15, 0.2) is 30.2 Å². The number of methoxy groups -OCH3 is 2. The second kappa shape index (κ2) is 21.7. The van der Waals surface area contributed by atoms with E-state index in [0.717, 1.165) is 30.3 Å². The smallest absolute Gasteiger partial charge is 0.387 e. The van der Waals surface area contributed by atoms with E-state index in [0.29, 0.717) is 0 Å². The monoisotopic (exact) mass is 1150 g/mol. The summed E-state index contributed by atoms with van der Waals surface area (Å²) in [6.45, 7) is -7.76.